The number of fused-ring (bicyclic) bond motifs is 1. The molecule has 0 aliphatic rings. The third kappa shape index (κ3) is 2.60. The second-order valence-electron chi connectivity index (χ2n) is 4.59. The van der Waals surface area contributed by atoms with E-state index in [4.69, 9.17) is 0 Å². The molecular weight excluding hydrogens is 385 g/mol. The van der Waals surface area contributed by atoms with E-state index >= 15 is 0 Å². The molecule has 0 amide bonds. The Balaban J connectivity index is 1.77. The van der Waals surface area contributed by atoms with Crippen molar-refractivity contribution in [1.82, 2.24) is 0 Å². The minimum Gasteiger partial charge on any atom is -0.142 e. The molecule has 0 N–H and O–H groups in total. The van der Waals surface area contributed by atoms with E-state index in [1.54, 1.807) is 0 Å². The van der Waals surface area contributed by atoms with Crippen molar-refractivity contribution in [1.29, 1.82) is 0 Å². The van der Waals surface area contributed by atoms with Crippen LogP contribution in [0, 0.1) is 0 Å². The fourth-order valence-electron chi connectivity index (χ4n) is 2.34. The van der Waals surface area contributed by atoms with E-state index in [0.29, 0.717) is 0 Å². The molecule has 4 aromatic rings. The van der Waals surface area contributed by atoms with Gasteiger partial charge in [-0.05, 0) is 47.5 Å². The van der Waals surface area contributed by atoms with E-state index in [1.165, 1.54) is 38.7 Å². The lowest BCUT2D eigenvalue weighted by Gasteiger charge is -1.97. The maximum Gasteiger partial charge on any atom is 0.0578 e. The van der Waals surface area contributed by atoms with Crippen LogP contribution in [-0.4, -0.2) is 12.5 Å². The third-order valence-electron chi connectivity index (χ3n) is 3.35. The molecule has 4 rings (SSSR count). The average Bonchev–Trinajstić information content (AvgIpc) is 3.26. The quantitative estimate of drug-likeness (QED) is 0.322. The number of thiophene rings is 4. The number of rotatable bonds is 4. The molecule has 0 aliphatic heterocycles. The van der Waals surface area contributed by atoms with Crippen molar-refractivity contribution in [3.63, 3.8) is 0 Å². The highest BCUT2D eigenvalue weighted by Crippen LogP contribution is 2.47. The van der Waals surface area contributed by atoms with Crippen LogP contribution in [0.15, 0.2) is 44.8 Å². The van der Waals surface area contributed by atoms with Crippen molar-refractivity contribution in [3.05, 3.63) is 35.0 Å². The Bertz CT molecular complexity index is 816. The molecule has 0 spiro atoms. The van der Waals surface area contributed by atoms with Crippen LogP contribution in [0.25, 0.3) is 28.9 Å². The fraction of sp³-hybridized carbons (Fsp3) is 0.125. The zero-order valence-corrected chi connectivity index (χ0v) is 16.8. The first-order valence-electron chi connectivity index (χ1n) is 6.57. The topological polar surface area (TPSA) is 0 Å². The smallest absolute Gasteiger partial charge is 0.0578 e. The van der Waals surface area contributed by atoms with Crippen molar-refractivity contribution >= 4 is 78.3 Å². The second kappa shape index (κ2) is 6.34. The van der Waals surface area contributed by atoms with Crippen molar-refractivity contribution < 1.29 is 0 Å². The highest BCUT2D eigenvalue weighted by Gasteiger charge is 2.15. The van der Waals surface area contributed by atoms with Gasteiger partial charge in [-0.3, -0.25) is 0 Å². The van der Waals surface area contributed by atoms with E-state index in [9.17, 15) is 0 Å². The molecule has 0 atom stereocenters. The van der Waals surface area contributed by atoms with E-state index in [2.05, 4.69) is 47.5 Å². The summed E-state index contributed by atoms with van der Waals surface area (Å²) in [5, 5.41) is 4.38. The molecule has 0 radical (unpaired) electrons. The first-order valence-corrected chi connectivity index (χ1v) is 12.4. The van der Waals surface area contributed by atoms with Gasteiger partial charge in [-0.25, -0.2) is 0 Å². The molecule has 0 saturated heterocycles. The molecule has 0 bridgehead atoms. The molecule has 0 unspecified atom stereocenters. The lowest BCUT2D eigenvalue weighted by Crippen LogP contribution is -1.68. The van der Waals surface area contributed by atoms with Crippen molar-refractivity contribution in [2.24, 2.45) is 0 Å². The predicted molar refractivity (Wildman–Crippen MR) is 110 cm³/mol. The Morgan fingerprint density at radius 3 is 1.59 bits per heavy atom. The van der Waals surface area contributed by atoms with Crippen LogP contribution in [0.4, 0.5) is 0 Å². The monoisotopic (exact) mass is 396 g/mol. The van der Waals surface area contributed by atoms with Gasteiger partial charge in [0, 0.05) is 28.9 Å². The number of hydrogen-bond acceptors (Lipinski definition) is 6. The number of thioether (sulfide) groups is 2. The Kier molecular flexibility index (Phi) is 4.41. The van der Waals surface area contributed by atoms with Gasteiger partial charge in [0.15, 0.2) is 0 Å². The van der Waals surface area contributed by atoms with Crippen LogP contribution in [0.5, 0.6) is 0 Å². The summed E-state index contributed by atoms with van der Waals surface area (Å²) in [5.41, 5.74) is 0. The molecule has 0 fully saturated rings. The Morgan fingerprint density at radius 1 is 0.727 bits per heavy atom. The lowest BCUT2D eigenvalue weighted by molar-refractivity contribution is 1.60. The van der Waals surface area contributed by atoms with E-state index in [1.807, 2.05) is 68.9 Å². The summed E-state index contributed by atoms with van der Waals surface area (Å²) >= 11 is 11.2. The molecule has 6 heteroatoms. The van der Waals surface area contributed by atoms with Crippen LogP contribution in [0.2, 0.25) is 0 Å². The molecule has 112 valence electrons. The van der Waals surface area contributed by atoms with Crippen molar-refractivity contribution in [2.75, 3.05) is 12.5 Å². The van der Waals surface area contributed by atoms with Gasteiger partial charge in [0.05, 0.1) is 9.75 Å². The highest BCUT2D eigenvalue weighted by molar-refractivity contribution is 7.99. The van der Waals surface area contributed by atoms with Crippen molar-refractivity contribution in [2.45, 2.75) is 9.79 Å². The summed E-state index contributed by atoms with van der Waals surface area (Å²) < 4.78 is 2.83. The van der Waals surface area contributed by atoms with Gasteiger partial charge in [-0.2, -0.15) is 0 Å². The van der Waals surface area contributed by atoms with Crippen LogP contribution in [0.1, 0.15) is 0 Å². The van der Waals surface area contributed by atoms with E-state index in [0.717, 1.165) is 0 Å². The second-order valence-corrected chi connectivity index (χ2v) is 10.3. The molecule has 22 heavy (non-hydrogen) atoms. The summed E-state index contributed by atoms with van der Waals surface area (Å²) in [6.45, 7) is 0. The first kappa shape index (κ1) is 15.3. The first-order chi connectivity index (χ1) is 10.8. The van der Waals surface area contributed by atoms with Gasteiger partial charge in [0.1, 0.15) is 0 Å². The summed E-state index contributed by atoms with van der Waals surface area (Å²) in [6.07, 6.45) is 4.31. The average molecular weight is 397 g/mol. The predicted octanol–water partition coefficient (Wildman–Crippen LogP) is 7.86. The molecule has 0 saturated carbocycles. The summed E-state index contributed by atoms with van der Waals surface area (Å²) in [5.74, 6) is 0. The zero-order chi connectivity index (χ0) is 15.1. The van der Waals surface area contributed by atoms with Crippen LogP contribution < -0.4 is 0 Å². The van der Waals surface area contributed by atoms with Crippen LogP contribution in [0.3, 0.4) is 0 Å². The van der Waals surface area contributed by atoms with Gasteiger partial charge in [-0.1, -0.05) is 0 Å². The Hall–Kier alpha value is -0.240. The third-order valence-corrected chi connectivity index (χ3v) is 9.65. The summed E-state index contributed by atoms with van der Waals surface area (Å²) in [4.78, 5) is 8.43. The minimum absolute atomic E-state index is 1.39. The van der Waals surface area contributed by atoms with Crippen LogP contribution in [-0.2, 0) is 0 Å². The van der Waals surface area contributed by atoms with Gasteiger partial charge < -0.3 is 0 Å². The molecule has 0 nitrogen and oxygen atoms in total. The van der Waals surface area contributed by atoms with E-state index in [-0.39, 0.29) is 0 Å². The van der Waals surface area contributed by atoms with Gasteiger partial charge in [-0.15, -0.1) is 68.9 Å². The van der Waals surface area contributed by atoms with Gasteiger partial charge >= 0.3 is 0 Å². The summed E-state index contributed by atoms with van der Waals surface area (Å²) in [7, 11) is 0. The van der Waals surface area contributed by atoms with Gasteiger partial charge in [0.2, 0.25) is 0 Å². The van der Waals surface area contributed by atoms with Crippen molar-refractivity contribution in [3.8, 4) is 19.5 Å². The SMILES string of the molecule is CSc1ccsc1-c1cc2sc(-c3sccc3SC)cc2s1. The maximum atomic E-state index is 2.37. The Labute approximate surface area is 154 Å². The molecule has 4 heterocycles. The number of hydrogen-bond donors (Lipinski definition) is 0. The molecule has 0 aliphatic carbocycles. The fourth-order valence-corrected chi connectivity index (χ4v) is 8.67. The zero-order valence-electron chi connectivity index (χ0n) is 11.9. The van der Waals surface area contributed by atoms with Gasteiger partial charge in [0.25, 0.3) is 0 Å². The lowest BCUT2D eigenvalue weighted by atomic mass is 10.3. The normalized spacial score (nSPS) is 11.5. The summed E-state index contributed by atoms with van der Waals surface area (Å²) in [6, 6.07) is 9.18. The Morgan fingerprint density at radius 2 is 1.18 bits per heavy atom. The molecule has 4 aromatic heterocycles. The standard InChI is InChI=1S/C16H12S6/c1-17-9-3-5-19-15(9)13-7-11-12(21-13)8-14(22-11)16-10(18-2)4-6-20-16/h3-8H,1-2H3. The maximum absolute atomic E-state index is 2.37. The van der Waals surface area contributed by atoms with E-state index < -0.39 is 0 Å². The highest BCUT2D eigenvalue weighted by atomic mass is 32.2. The molecular formula is C16H12S6. The minimum atomic E-state index is 1.39. The van der Waals surface area contributed by atoms with Crippen LogP contribution >= 0.6 is 68.9 Å². The molecule has 0 aromatic carbocycles. The largest absolute Gasteiger partial charge is 0.142 e.